The number of anilines is 2. The fourth-order valence-corrected chi connectivity index (χ4v) is 5.80. The smallest absolute Gasteiger partial charge is 0.264 e. The maximum absolute atomic E-state index is 13.1. The van der Waals surface area contributed by atoms with E-state index in [1.54, 1.807) is 11.1 Å². The monoisotopic (exact) mass is 491 g/mol. The minimum atomic E-state index is -0.112. The predicted molar refractivity (Wildman–Crippen MR) is 140 cm³/mol. The summed E-state index contributed by atoms with van der Waals surface area (Å²) in [5, 5.41) is 16.9. The molecule has 0 unspecified atom stereocenters. The second kappa shape index (κ2) is 9.67. The van der Waals surface area contributed by atoms with E-state index >= 15 is 0 Å². The number of benzene rings is 1. The SMILES string of the molecule is CCCNC(=O)c1c(C)[nH]c2ccc(Nc3ccnc4cc(C(=O)N5CCC[C@H]5CO)sc34)cc12. The quantitative estimate of drug-likeness (QED) is 0.303. The number of rotatable bonds is 7. The fraction of sp³-hybridized carbons (Fsp3) is 0.346. The van der Waals surface area contributed by atoms with E-state index in [0.717, 1.165) is 57.5 Å². The Balaban J connectivity index is 1.46. The number of amides is 2. The predicted octanol–water partition coefficient (Wildman–Crippen LogP) is 4.57. The lowest BCUT2D eigenvalue weighted by Crippen LogP contribution is -2.37. The second-order valence-corrected chi connectivity index (χ2v) is 9.98. The van der Waals surface area contributed by atoms with Crippen molar-refractivity contribution in [3.05, 3.63) is 52.7 Å². The molecule has 0 saturated carbocycles. The number of aromatic nitrogens is 2. The van der Waals surface area contributed by atoms with Gasteiger partial charge in [-0.2, -0.15) is 0 Å². The molecule has 0 aliphatic carbocycles. The van der Waals surface area contributed by atoms with Gasteiger partial charge in [0, 0.05) is 41.6 Å². The molecule has 0 radical (unpaired) electrons. The minimum absolute atomic E-state index is 0.0126. The third-order valence-corrected chi connectivity index (χ3v) is 7.64. The fourth-order valence-electron chi connectivity index (χ4n) is 4.76. The van der Waals surface area contributed by atoms with Crippen molar-refractivity contribution in [1.29, 1.82) is 0 Å². The molecule has 4 aromatic rings. The Labute approximate surface area is 207 Å². The molecular weight excluding hydrogens is 462 g/mol. The normalized spacial score (nSPS) is 15.7. The Bertz CT molecular complexity index is 1410. The highest BCUT2D eigenvalue weighted by molar-refractivity contribution is 7.21. The number of carbonyl (C=O) groups is 2. The van der Waals surface area contributed by atoms with Gasteiger partial charge in [-0.3, -0.25) is 14.6 Å². The minimum Gasteiger partial charge on any atom is -0.394 e. The second-order valence-electron chi connectivity index (χ2n) is 8.93. The van der Waals surface area contributed by atoms with E-state index in [2.05, 4.69) is 20.6 Å². The van der Waals surface area contributed by atoms with Crippen molar-refractivity contribution < 1.29 is 14.7 Å². The van der Waals surface area contributed by atoms with Gasteiger partial charge >= 0.3 is 0 Å². The number of fused-ring (bicyclic) bond motifs is 2. The molecule has 0 spiro atoms. The van der Waals surface area contributed by atoms with Crippen LogP contribution in [0.5, 0.6) is 0 Å². The first-order valence-corrected chi connectivity index (χ1v) is 12.8. The number of hydrogen-bond acceptors (Lipinski definition) is 6. The maximum Gasteiger partial charge on any atom is 0.264 e. The average molecular weight is 492 g/mol. The molecule has 35 heavy (non-hydrogen) atoms. The molecule has 9 heteroatoms. The molecule has 182 valence electrons. The summed E-state index contributed by atoms with van der Waals surface area (Å²) >= 11 is 1.41. The first-order valence-electron chi connectivity index (χ1n) is 12.0. The number of aliphatic hydroxyl groups excluding tert-OH is 1. The zero-order valence-electron chi connectivity index (χ0n) is 19.9. The molecule has 3 aromatic heterocycles. The number of nitrogens with one attached hydrogen (secondary N) is 3. The molecular formula is C26H29N5O3S. The molecule has 4 N–H and O–H groups in total. The van der Waals surface area contributed by atoms with Gasteiger partial charge in [0.15, 0.2) is 0 Å². The van der Waals surface area contributed by atoms with Crippen molar-refractivity contribution in [3.8, 4) is 0 Å². The number of likely N-dealkylation sites (tertiary alicyclic amines) is 1. The third-order valence-electron chi connectivity index (χ3n) is 6.50. The molecule has 1 atom stereocenters. The van der Waals surface area contributed by atoms with Gasteiger partial charge in [0.1, 0.15) is 0 Å². The number of aryl methyl sites for hydroxylation is 1. The largest absolute Gasteiger partial charge is 0.394 e. The zero-order chi connectivity index (χ0) is 24.5. The first-order chi connectivity index (χ1) is 17.0. The summed E-state index contributed by atoms with van der Waals surface area (Å²) in [7, 11) is 0. The van der Waals surface area contributed by atoms with Crippen LogP contribution in [0.25, 0.3) is 21.1 Å². The lowest BCUT2D eigenvalue weighted by molar-refractivity contribution is 0.0682. The van der Waals surface area contributed by atoms with Crippen LogP contribution >= 0.6 is 11.3 Å². The topological polar surface area (TPSA) is 110 Å². The number of hydrogen-bond donors (Lipinski definition) is 4. The Morgan fingerprint density at radius 1 is 1.29 bits per heavy atom. The van der Waals surface area contributed by atoms with Crippen molar-refractivity contribution >= 4 is 55.6 Å². The van der Waals surface area contributed by atoms with Crippen LogP contribution in [0.3, 0.4) is 0 Å². The van der Waals surface area contributed by atoms with Crippen LogP contribution in [0, 0.1) is 6.92 Å². The lowest BCUT2D eigenvalue weighted by Gasteiger charge is -2.22. The van der Waals surface area contributed by atoms with Gasteiger partial charge in [-0.1, -0.05) is 6.92 Å². The van der Waals surface area contributed by atoms with E-state index in [4.69, 9.17) is 0 Å². The van der Waals surface area contributed by atoms with Crippen molar-refractivity contribution in [2.45, 2.75) is 39.2 Å². The molecule has 5 rings (SSSR count). The molecule has 2 amide bonds. The van der Waals surface area contributed by atoms with Crippen molar-refractivity contribution in [1.82, 2.24) is 20.2 Å². The summed E-state index contributed by atoms with van der Waals surface area (Å²) in [6.07, 6.45) is 4.34. The van der Waals surface area contributed by atoms with E-state index in [0.29, 0.717) is 23.5 Å². The molecule has 1 aliphatic heterocycles. The van der Waals surface area contributed by atoms with Gasteiger partial charge in [-0.25, -0.2) is 0 Å². The molecule has 1 aromatic carbocycles. The van der Waals surface area contributed by atoms with Crippen molar-refractivity contribution in [2.75, 3.05) is 25.0 Å². The molecule has 1 aliphatic rings. The van der Waals surface area contributed by atoms with Crippen molar-refractivity contribution in [3.63, 3.8) is 0 Å². The van der Waals surface area contributed by atoms with Gasteiger partial charge in [-0.05, 0) is 56.5 Å². The van der Waals surface area contributed by atoms with E-state index in [-0.39, 0.29) is 24.5 Å². The van der Waals surface area contributed by atoms with Gasteiger partial charge in [0.2, 0.25) is 0 Å². The Kier molecular flexibility index (Phi) is 6.44. The van der Waals surface area contributed by atoms with E-state index < -0.39 is 0 Å². The van der Waals surface area contributed by atoms with E-state index in [1.807, 2.05) is 44.2 Å². The Morgan fingerprint density at radius 2 is 2.14 bits per heavy atom. The lowest BCUT2D eigenvalue weighted by atomic mass is 10.1. The number of nitrogens with zero attached hydrogens (tertiary/aromatic N) is 2. The summed E-state index contributed by atoms with van der Waals surface area (Å²) in [4.78, 5) is 36.0. The molecule has 1 saturated heterocycles. The Hall–Kier alpha value is -3.43. The standard InChI is InChI=1S/C26H29N5O3S/c1-3-9-28-25(33)23-15(2)29-19-7-6-16(12-18(19)23)30-20-8-10-27-21-13-22(35-24(20)21)26(34)31-11-4-5-17(31)14-32/h6-8,10,12-13,17,29,32H,3-5,9,11,14H2,1-2H3,(H,27,30)(H,28,33)/t17-/m0/s1. The average Bonchev–Trinajstić information content (AvgIpc) is 3.58. The summed E-state index contributed by atoms with van der Waals surface area (Å²) in [5.41, 5.74) is 4.84. The molecule has 4 heterocycles. The van der Waals surface area contributed by atoms with E-state index in [1.165, 1.54) is 11.3 Å². The first kappa shape index (κ1) is 23.3. The number of pyridine rings is 1. The maximum atomic E-state index is 13.1. The van der Waals surface area contributed by atoms with Crippen LogP contribution in [-0.4, -0.2) is 57.5 Å². The number of aliphatic hydroxyl groups is 1. The highest BCUT2D eigenvalue weighted by Crippen LogP contribution is 2.35. The zero-order valence-corrected chi connectivity index (χ0v) is 20.7. The number of aromatic amines is 1. The summed E-state index contributed by atoms with van der Waals surface area (Å²) < 4.78 is 0.891. The van der Waals surface area contributed by atoms with Crippen LogP contribution in [0.15, 0.2) is 36.5 Å². The highest BCUT2D eigenvalue weighted by atomic mass is 32.1. The van der Waals surface area contributed by atoms with Crippen LogP contribution in [0.4, 0.5) is 11.4 Å². The van der Waals surface area contributed by atoms with Crippen LogP contribution in [-0.2, 0) is 0 Å². The highest BCUT2D eigenvalue weighted by Gasteiger charge is 2.30. The van der Waals surface area contributed by atoms with Crippen LogP contribution in [0.1, 0.15) is 51.9 Å². The van der Waals surface area contributed by atoms with E-state index in [9.17, 15) is 14.7 Å². The van der Waals surface area contributed by atoms with Gasteiger partial charge in [0.25, 0.3) is 11.8 Å². The number of carbonyl (C=O) groups excluding carboxylic acids is 2. The number of thiophene rings is 1. The van der Waals surface area contributed by atoms with Crippen LogP contribution in [0.2, 0.25) is 0 Å². The van der Waals surface area contributed by atoms with Gasteiger partial charge in [0.05, 0.1) is 39.0 Å². The summed E-state index contributed by atoms with van der Waals surface area (Å²) in [5.74, 6) is -0.133. The Morgan fingerprint density at radius 3 is 2.94 bits per heavy atom. The third kappa shape index (κ3) is 4.37. The van der Waals surface area contributed by atoms with Gasteiger partial charge in [-0.15, -0.1) is 11.3 Å². The summed E-state index contributed by atoms with van der Waals surface area (Å²) in [6.45, 7) is 5.22. The molecule has 0 bridgehead atoms. The molecule has 8 nitrogen and oxygen atoms in total. The van der Waals surface area contributed by atoms with Crippen molar-refractivity contribution in [2.24, 2.45) is 0 Å². The molecule has 1 fully saturated rings. The summed E-state index contributed by atoms with van der Waals surface area (Å²) in [6, 6.07) is 9.51. The van der Waals surface area contributed by atoms with Gasteiger partial charge < -0.3 is 25.6 Å². The van der Waals surface area contributed by atoms with Crippen LogP contribution < -0.4 is 10.6 Å². The number of H-pyrrole nitrogens is 1.